The lowest BCUT2D eigenvalue weighted by Crippen LogP contribution is -2.20. The maximum absolute atomic E-state index is 5.86. The molecule has 0 atom stereocenters. The molecule has 1 aromatic rings. The van der Waals surface area contributed by atoms with Crippen LogP contribution in [0.2, 0.25) is 0 Å². The normalized spacial score (nSPS) is 17.2. The molecule has 1 aliphatic carbocycles. The monoisotopic (exact) mass is 252 g/mol. The second-order valence-electron chi connectivity index (χ2n) is 5.03. The quantitative estimate of drug-likeness (QED) is 0.758. The van der Waals surface area contributed by atoms with Crippen LogP contribution in [0, 0.1) is 6.92 Å². The van der Waals surface area contributed by atoms with Gasteiger partial charge < -0.3 is 14.5 Å². The van der Waals surface area contributed by atoms with Gasteiger partial charge in [-0.3, -0.25) is 0 Å². The molecule has 1 aliphatic rings. The van der Waals surface area contributed by atoms with Crippen molar-refractivity contribution in [1.29, 1.82) is 0 Å². The molecule has 1 aromatic heterocycles. The molecule has 102 valence electrons. The number of aromatic nitrogens is 1. The van der Waals surface area contributed by atoms with Crippen LogP contribution in [0.3, 0.4) is 0 Å². The molecule has 1 N–H and O–H groups in total. The van der Waals surface area contributed by atoms with E-state index in [1.165, 1.54) is 32.1 Å². The van der Waals surface area contributed by atoms with Crippen molar-refractivity contribution in [3.63, 3.8) is 0 Å². The van der Waals surface area contributed by atoms with Crippen LogP contribution in [0.4, 0.5) is 0 Å². The van der Waals surface area contributed by atoms with Gasteiger partial charge in [-0.15, -0.1) is 0 Å². The molecule has 0 aliphatic heterocycles. The van der Waals surface area contributed by atoms with E-state index in [0.29, 0.717) is 12.6 Å². The van der Waals surface area contributed by atoms with Crippen molar-refractivity contribution in [2.75, 3.05) is 13.2 Å². The van der Waals surface area contributed by atoms with Crippen molar-refractivity contribution in [1.82, 2.24) is 10.3 Å². The number of aryl methyl sites for hydroxylation is 1. The number of hydrogen-bond donors (Lipinski definition) is 1. The summed E-state index contributed by atoms with van der Waals surface area (Å²) in [6, 6.07) is 0. The van der Waals surface area contributed by atoms with Crippen LogP contribution in [-0.2, 0) is 11.3 Å². The molecule has 4 nitrogen and oxygen atoms in total. The van der Waals surface area contributed by atoms with Crippen LogP contribution in [0.1, 0.15) is 50.2 Å². The summed E-state index contributed by atoms with van der Waals surface area (Å²) in [4.78, 5) is 4.15. The predicted octanol–water partition coefficient (Wildman–Crippen LogP) is 2.81. The highest BCUT2D eigenvalue weighted by atomic mass is 16.5. The molecule has 0 radical (unpaired) electrons. The van der Waals surface area contributed by atoms with Crippen LogP contribution in [-0.4, -0.2) is 24.2 Å². The molecule has 0 aromatic carbocycles. The molecule has 0 bridgehead atoms. The zero-order valence-corrected chi connectivity index (χ0v) is 11.3. The Morgan fingerprint density at radius 2 is 2.22 bits per heavy atom. The second kappa shape index (κ2) is 7.54. The Balaban J connectivity index is 1.46. The number of rotatable bonds is 7. The van der Waals surface area contributed by atoms with Gasteiger partial charge in [-0.1, -0.05) is 19.3 Å². The van der Waals surface area contributed by atoms with Gasteiger partial charge in [0.05, 0.1) is 18.8 Å². The van der Waals surface area contributed by atoms with Crippen molar-refractivity contribution in [2.24, 2.45) is 0 Å². The Morgan fingerprint density at radius 1 is 1.39 bits per heavy atom. The van der Waals surface area contributed by atoms with E-state index in [1.807, 2.05) is 6.92 Å². The molecule has 18 heavy (non-hydrogen) atoms. The Bertz CT molecular complexity index is 332. The molecule has 4 heteroatoms. The number of nitrogens with one attached hydrogen (secondary N) is 1. The largest absolute Gasteiger partial charge is 0.445 e. The van der Waals surface area contributed by atoms with Gasteiger partial charge in [0.1, 0.15) is 5.76 Å². The van der Waals surface area contributed by atoms with Crippen molar-refractivity contribution in [3.8, 4) is 0 Å². The van der Waals surface area contributed by atoms with Gasteiger partial charge in [0, 0.05) is 6.61 Å². The molecule has 1 heterocycles. The standard InChI is InChI=1S/C14H24N2O2/c1-12-10-16-14(18-12)11-15-8-5-9-17-13-6-3-2-4-7-13/h10,13,15H,2-9,11H2,1H3. The maximum Gasteiger partial charge on any atom is 0.208 e. The predicted molar refractivity (Wildman–Crippen MR) is 70.4 cm³/mol. The van der Waals surface area contributed by atoms with Gasteiger partial charge in [0.2, 0.25) is 5.89 Å². The summed E-state index contributed by atoms with van der Waals surface area (Å²) in [6.07, 6.45) is 9.90. The summed E-state index contributed by atoms with van der Waals surface area (Å²) < 4.78 is 11.2. The maximum atomic E-state index is 5.86. The van der Waals surface area contributed by atoms with E-state index in [9.17, 15) is 0 Å². The summed E-state index contributed by atoms with van der Waals surface area (Å²) in [6.45, 7) is 4.43. The summed E-state index contributed by atoms with van der Waals surface area (Å²) in [7, 11) is 0. The van der Waals surface area contributed by atoms with E-state index in [1.54, 1.807) is 6.20 Å². The number of ether oxygens (including phenoxy) is 1. The minimum absolute atomic E-state index is 0.521. The molecular weight excluding hydrogens is 228 g/mol. The van der Waals surface area contributed by atoms with Crippen LogP contribution in [0.25, 0.3) is 0 Å². The van der Waals surface area contributed by atoms with E-state index >= 15 is 0 Å². The van der Waals surface area contributed by atoms with Gasteiger partial charge in [-0.2, -0.15) is 0 Å². The Hall–Kier alpha value is -0.870. The molecule has 0 amide bonds. The average Bonchev–Trinajstić information content (AvgIpc) is 2.81. The van der Waals surface area contributed by atoms with Crippen molar-refractivity contribution >= 4 is 0 Å². The topological polar surface area (TPSA) is 47.3 Å². The lowest BCUT2D eigenvalue weighted by molar-refractivity contribution is 0.0272. The highest BCUT2D eigenvalue weighted by Crippen LogP contribution is 2.20. The van der Waals surface area contributed by atoms with Gasteiger partial charge in [-0.05, 0) is 32.7 Å². The molecule has 0 unspecified atom stereocenters. The summed E-state index contributed by atoms with van der Waals surface area (Å²) in [5, 5.41) is 3.32. The van der Waals surface area contributed by atoms with Gasteiger partial charge in [0.15, 0.2) is 0 Å². The number of nitrogens with zero attached hydrogens (tertiary/aromatic N) is 1. The minimum Gasteiger partial charge on any atom is -0.445 e. The lowest BCUT2D eigenvalue weighted by atomic mass is 9.98. The third-order valence-electron chi connectivity index (χ3n) is 3.35. The first-order chi connectivity index (χ1) is 8.84. The third-order valence-corrected chi connectivity index (χ3v) is 3.35. The van der Waals surface area contributed by atoms with Crippen molar-refractivity contribution in [3.05, 3.63) is 17.8 Å². The Morgan fingerprint density at radius 3 is 2.94 bits per heavy atom. The van der Waals surface area contributed by atoms with E-state index < -0.39 is 0 Å². The Labute approximate surface area is 109 Å². The molecule has 0 spiro atoms. The van der Waals surface area contributed by atoms with Gasteiger partial charge >= 0.3 is 0 Å². The minimum atomic E-state index is 0.521. The summed E-state index contributed by atoms with van der Waals surface area (Å²) in [5.41, 5.74) is 0. The SMILES string of the molecule is Cc1cnc(CNCCCOC2CCCCC2)o1. The zero-order chi connectivity index (χ0) is 12.6. The smallest absolute Gasteiger partial charge is 0.208 e. The molecule has 2 rings (SSSR count). The van der Waals surface area contributed by atoms with E-state index in [-0.39, 0.29) is 0 Å². The van der Waals surface area contributed by atoms with Crippen LogP contribution in [0.15, 0.2) is 10.6 Å². The molecule has 1 fully saturated rings. The zero-order valence-electron chi connectivity index (χ0n) is 11.3. The fraction of sp³-hybridized carbons (Fsp3) is 0.786. The summed E-state index contributed by atoms with van der Waals surface area (Å²) in [5.74, 6) is 1.63. The van der Waals surface area contributed by atoms with Crippen LogP contribution >= 0.6 is 0 Å². The van der Waals surface area contributed by atoms with Crippen LogP contribution < -0.4 is 5.32 Å². The first-order valence-electron chi connectivity index (χ1n) is 7.08. The fourth-order valence-corrected chi connectivity index (χ4v) is 2.36. The molecule has 1 saturated carbocycles. The second-order valence-corrected chi connectivity index (χ2v) is 5.03. The van der Waals surface area contributed by atoms with Crippen molar-refractivity contribution in [2.45, 2.75) is 58.1 Å². The lowest BCUT2D eigenvalue weighted by Gasteiger charge is -2.21. The van der Waals surface area contributed by atoms with E-state index in [0.717, 1.165) is 31.2 Å². The first kappa shape index (κ1) is 13.6. The fourth-order valence-electron chi connectivity index (χ4n) is 2.36. The first-order valence-corrected chi connectivity index (χ1v) is 7.08. The van der Waals surface area contributed by atoms with Gasteiger partial charge in [0.25, 0.3) is 0 Å². The average molecular weight is 252 g/mol. The van der Waals surface area contributed by atoms with Crippen molar-refractivity contribution < 1.29 is 9.15 Å². The van der Waals surface area contributed by atoms with Crippen LogP contribution in [0.5, 0.6) is 0 Å². The number of oxazole rings is 1. The summed E-state index contributed by atoms with van der Waals surface area (Å²) >= 11 is 0. The third kappa shape index (κ3) is 4.78. The Kier molecular flexibility index (Phi) is 5.68. The highest BCUT2D eigenvalue weighted by molar-refractivity contribution is 4.90. The molecule has 0 saturated heterocycles. The highest BCUT2D eigenvalue weighted by Gasteiger charge is 2.12. The molecular formula is C14H24N2O2. The van der Waals surface area contributed by atoms with Gasteiger partial charge in [-0.25, -0.2) is 4.98 Å². The van der Waals surface area contributed by atoms with E-state index in [4.69, 9.17) is 9.15 Å². The van der Waals surface area contributed by atoms with E-state index in [2.05, 4.69) is 10.3 Å². The number of hydrogen-bond acceptors (Lipinski definition) is 4.